The highest BCUT2D eigenvalue weighted by atomic mass is 35.5. The molecule has 0 atom stereocenters. The first-order valence-electron chi connectivity index (χ1n) is 6.60. The highest BCUT2D eigenvalue weighted by Gasteiger charge is 2.16. The highest BCUT2D eigenvalue weighted by Crippen LogP contribution is 2.31. The standard InChI is InChI=1S/C16H16ClN3/c1-10(2)20-14-8-4-7-13(18)15(14)19-16(20)11-5-3-6-12(17)9-11/h3-10H,18H2,1-2H3. The van der Waals surface area contributed by atoms with Gasteiger partial charge in [-0.25, -0.2) is 4.98 Å². The zero-order valence-corrected chi connectivity index (χ0v) is 12.2. The van der Waals surface area contributed by atoms with Crippen LogP contribution in [0.4, 0.5) is 5.69 Å². The third-order valence-electron chi connectivity index (χ3n) is 3.35. The monoisotopic (exact) mass is 285 g/mol. The van der Waals surface area contributed by atoms with E-state index in [0.29, 0.717) is 10.7 Å². The maximum absolute atomic E-state index is 6.09. The van der Waals surface area contributed by atoms with Crippen LogP contribution in [0.25, 0.3) is 22.4 Å². The Kier molecular flexibility index (Phi) is 3.14. The molecule has 1 heterocycles. The van der Waals surface area contributed by atoms with Crippen molar-refractivity contribution in [2.75, 3.05) is 5.73 Å². The van der Waals surface area contributed by atoms with E-state index in [2.05, 4.69) is 18.4 Å². The van der Waals surface area contributed by atoms with Crippen LogP contribution in [0, 0.1) is 0 Å². The van der Waals surface area contributed by atoms with E-state index >= 15 is 0 Å². The van der Waals surface area contributed by atoms with Crippen LogP contribution >= 0.6 is 11.6 Å². The van der Waals surface area contributed by atoms with Crippen LogP contribution in [0.2, 0.25) is 5.02 Å². The van der Waals surface area contributed by atoms with Gasteiger partial charge in [0.15, 0.2) is 0 Å². The number of benzene rings is 2. The molecule has 0 aliphatic heterocycles. The van der Waals surface area contributed by atoms with E-state index in [-0.39, 0.29) is 6.04 Å². The molecule has 0 unspecified atom stereocenters. The van der Waals surface area contributed by atoms with Crippen LogP contribution < -0.4 is 5.73 Å². The molecule has 2 aromatic carbocycles. The normalized spacial score (nSPS) is 11.4. The lowest BCUT2D eigenvalue weighted by molar-refractivity contribution is 0.624. The molecule has 102 valence electrons. The molecule has 0 bridgehead atoms. The van der Waals surface area contributed by atoms with Crippen LogP contribution in [0.5, 0.6) is 0 Å². The van der Waals surface area contributed by atoms with Gasteiger partial charge in [-0.15, -0.1) is 0 Å². The second-order valence-corrected chi connectivity index (χ2v) is 5.56. The molecule has 0 saturated carbocycles. The average molecular weight is 286 g/mol. The molecule has 4 heteroatoms. The van der Waals surface area contributed by atoms with Gasteiger partial charge < -0.3 is 10.3 Å². The Hall–Kier alpha value is -2.00. The summed E-state index contributed by atoms with van der Waals surface area (Å²) in [6, 6.07) is 13.9. The van der Waals surface area contributed by atoms with Gasteiger partial charge >= 0.3 is 0 Å². The van der Waals surface area contributed by atoms with Gasteiger partial charge in [0.2, 0.25) is 0 Å². The van der Waals surface area contributed by atoms with Gasteiger partial charge in [-0.05, 0) is 38.1 Å². The van der Waals surface area contributed by atoms with Crippen molar-refractivity contribution >= 4 is 28.3 Å². The van der Waals surface area contributed by atoms with Crippen LogP contribution in [0.15, 0.2) is 42.5 Å². The van der Waals surface area contributed by atoms with Crippen LogP contribution in [-0.2, 0) is 0 Å². The first-order chi connectivity index (χ1) is 9.58. The molecule has 20 heavy (non-hydrogen) atoms. The summed E-state index contributed by atoms with van der Waals surface area (Å²) in [5, 5.41) is 0.706. The molecule has 0 saturated heterocycles. The molecule has 2 N–H and O–H groups in total. The molecule has 1 aromatic heterocycles. The molecule has 3 aromatic rings. The van der Waals surface area contributed by atoms with Gasteiger partial charge in [0.25, 0.3) is 0 Å². The van der Waals surface area contributed by atoms with Crippen LogP contribution in [0.3, 0.4) is 0 Å². The minimum atomic E-state index is 0.288. The second-order valence-electron chi connectivity index (χ2n) is 5.12. The van der Waals surface area contributed by atoms with Gasteiger partial charge in [0.1, 0.15) is 11.3 Å². The summed E-state index contributed by atoms with van der Waals surface area (Å²) in [6.07, 6.45) is 0. The van der Waals surface area contributed by atoms with Crippen molar-refractivity contribution in [3.8, 4) is 11.4 Å². The maximum Gasteiger partial charge on any atom is 0.141 e. The molecule has 0 amide bonds. The van der Waals surface area contributed by atoms with Crippen molar-refractivity contribution in [2.45, 2.75) is 19.9 Å². The summed E-state index contributed by atoms with van der Waals surface area (Å²) in [5.74, 6) is 0.899. The van der Waals surface area contributed by atoms with Crippen molar-refractivity contribution in [1.29, 1.82) is 0 Å². The number of nitrogens with zero attached hydrogens (tertiary/aromatic N) is 2. The fourth-order valence-corrected chi connectivity index (χ4v) is 2.68. The second kappa shape index (κ2) is 4.84. The quantitative estimate of drug-likeness (QED) is 0.704. The van der Waals surface area contributed by atoms with Crippen molar-refractivity contribution in [1.82, 2.24) is 9.55 Å². The smallest absolute Gasteiger partial charge is 0.141 e. The summed E-state index contributed by atoms with van der Waals surface area (Å²) in [5.41, 5.74) is 9.64. The molecular weight excluding hydrogens is 270 g/mol. The average Bonchev–Trinajstić information content (AvgIpc) is 2.79. The van der Waals surface area contributed by atoms with E-state index in [9.17, 15) is 0 Å². The molecule has 3 nitrogen and oxygen atoms in total. The summed E-state index contributed by atoms with van der Waals surface area (Å²) >= 11 is 6.09. The van der Waals surface area contributed by atoms with Gasteiger partial charge in [0, 0.05) is 16.6 Å². The Morgan fingerprint density at radius 3 is 2.60 bits per heavy atom. The lowest BCUT2D eigenvalue weighted by Gasteiger charge is -2.13. The first kappa shape index (κ1) is 13.0. The number of halogens is 1. The van der Waals surface area contributed by atoms with Crippen molar-refractivity contribution < 1.29 is 0 Å². The minimum Gasteiger partial charge on any atom is -0.397 e. The van der Waals surface area contributed by atoms with Crippen LogP contribution in [0.1, 0.15) is 19.9 Å². The number of hydrogen-bond acceptors (Lipinski definition) is 2. The first-order valence-corrected chi connectivity index (χ1v) is 6.98. The van der Waals surface area contributed by atoms with Crippen molar-refractivity contribution in [3.05, 3.63) is 47.5 Å². The Morgan fingerprint density at radius 1 is 1.15 bits per heavy atom. The topological polar surface area (TPSA) is 43.8 Å². The van der Waals surface area contributed by atoms with Gasteiger partial charge in [-0.2, -0.15) is 0 Å². The minimum absolute atomic E-state index is 0.288. The summed E-state index contributed by atoms with van der Waals surface area (Å²) in [6.45, 7) is 4.27. The number of aromatic nitrogens is 2. The molecule has 0 radical (unpaired) electrons. The van der Waals surface area contributed by atoms with Gasteiger partial charge in [0.05, 0.1) is 11.2 Å². The molecule has 0 fully saturated rings. The molecule has 0 aliphatic rings. The largest absolute Gasteiger partial charge is 0.397 e. The Morgan fingerprint density at radius 2 is 1.90 bits per heavy atom. The third kappa shape index (κ3) is 2.04. The lowest BCUT2D eigenvalue weighted by atomic mass is 10.2. The zero-order valence-electron chi connectivity index (χ0n) is 11.5. The Bertz CT molecular complexity index is 774. The molecular formula is C16H16ClN3. The predicted octanol–water partition coefficient (Wildman–Crippen LogP) is 4.52. The molecule has 3 rings (SSSR count). The number of anilines is 1. The predicted molar refractivity (Wildman–Crippen MR) is 85.0 cm³/mol. The maximum atomic E-state index is 6.09. The highest BCUT2D eigenvalue weighted by molar-refractivity contribution is 6.30. The van der Waals surface area contributed by atoms with E-state index in [1.54, 1.807) is 0 Å². The summed E-state index contributed by atoms with van der Waals surface area (Å²) in [7, 11) is 0. The van der Waals surface area contributed by atoms with E-state index in [0.717, 1.165) is 22.4 Å². The van der Waals surface area contributed by atoms with E-state index in [1.807, 2.05) is 42.5 Å². The summed E-state index contributed by atoms with van der Waals surface area (Å²) < 4.78 is 2.19. The third-order valence-corrected chi connectivity index (χ3v) is 3.59. The van der Waals surface area contributed by atoms with Crippen molar-refractivity contribution in [3.63, 3.8) is 0 Å². The molecule has 0 aliphatic carbocycles. The number of nitrogens with two attached hydrogens (primary N) is 1. The van der Waals surface area contributed by atoms with E-state index in [1.165, 1.54) is 0 Å². The SMILES string of the molecule is CC(C)n1c(-c2cccc(Cl)c2)nc2c(N)cccc21. The molecule has 0 spiro atoms. The number of nitrogen functional groups attached to an aromatic ring is 1. The Labute approximate surface area is 123 Å². The van der Waals surface area contributed by atoms with Gasteiger partial charge in [-0.1, -0.05) is 29.8 Å². The number of para-hydroxylation sites is 1. The summed E-state index contributed by atoms with van der Waals surface area (Å²) in [4.78, 5) is 4.72. The van der Waals surface area contributed by atoms with E-state index < -0.39 is 0 Å². The van der Waals surface area contributed by atoms with Crippen LogP contribution in [-0.4, -0.2) is 9.55 Å². The zero-order chi connectivity index (χ0) is 14.3. The van der Waals surface area contributed by atoms with Crippen molar-refractivity contribution in [2.24, 2.45) is 0 Å². The van der Waals surface area contributed by atoms with E-state index in [4.69, 9.17) is 22.3 Å². The Balaban J connectivity index is 2.35. The number of imidazole rings is 1. The lowest BCUT2D eigenvalue weighted by Crippen LogP contribution is -2.03. The fraction of sp³-hybridized carbons (Fsp3) is 0.188. The number of hydrogen-bond donors (Lipinski definition) is 1. The number of fused-ring (bicyclic) bond motifs is 1. The van der Waals surface area contributed by atoms with Gasteiger partial charge in [-0.3, -0.25) is 0 Å². The fourth-order valence-electron chi connectivity index (χ4n) is 2.49. The number of rotatable bonds is 2.